The van der Waals surface area contributed by atoms with Gasteiger partial charge in [-0.1, -0.05) is 6.92 Å². The standard InChI is InChI=1S/C11H18N4O3S/c1-2-8-10(19(12,17)18)9(14-13-8)11(16)15-6-4-3-5-7-15/h2-7H2,1H3,(H,13,14)(H2,12,17,18). The topological polar surface area (TPSA) is 109 Å². The number of H-pyrrole nitrogens is 1. The molecule has 3 N–H and O–H groups in total. The van der Waals surface area contributed by atoms with Crippen molar-refractivity contribution < 1.29 is 13.2 Å². The normalized spacial score (nSPS) is 16.6. The van der Waals surface area contributed by atoms with E-state index in [0.29, 0.717) is 25.2 Å². The van der Waals surface area contributed by atoms with Crippen molar-refractivity contribution in [1.82, 2.24) is 15.1 Å². The summed E-state index contributed by atoms with van der Waals surface area (Å²) in [6.07, 6.45) is 3.38. The van der Waals surface area contributed by atoms with Gasteiger partial charge in [-0.3, -0.25) is 9.89 Å². The molecule has 19 heavy (non-hydrogen) atoms. The number of carbonyl (C=O) groups is 1. The van der Waals surface area contributed by atoms with Crippen LogP contribution in [0.4, 0.5) is 0 Å². The van der Waals surface area contributed by atoms with Crippen LogP contribution in [0.2, 0.25) is 0 Å². The molecule has 0 unspecified atom stereocenters. The highest BCUT2D eigenvalue weighted by Crippen LogP contribution is 2.20. The summed E-state index contributed by atoms with van der Waals surface area (Å²) >= 11 is 0. The first-order valence-electron chi connectivity index (χ1n) is 6.34. The molecule has 2 heterocycles. The van der Waals surface area contributed by atoms with Crippen molar-refractivity contribution in [2.24, 2.45) is 5.14 Å². The quantitative estimate of drug-likeness (QED) is 0.829. The average molecular weight is 286 g/mol. The van der Waals surface area contributed by atoms with Crippen LogP contribution < -0.4 is 5.14 Å². The summed E-state index contributed by atoms with van der Waals surface area (Å²) in [6.45, 7) is 3.05. The summed E-state index contributed by atoms with van der Waals surface area (Å²) in [4.78, 5) is 13.8. The summed E-state index contributed by atoms with van der Waals surface area (Å²) in [6, 6.07) is 0. The summed E-state index contributed by atoms with van der Waals surface area (Å²) in [5.41, 5.74) is 0.295. The maximum atomic E-state index is 12.3. The number of hydrogen-bond donors (Lipinski definition) is 2. The number of aryl methyl sites for hydroxylation is 1. The van der Waals surface area contributed by atoms with Gasteiger partial charge in [0, 0.05) is 13.1 Å². The van der Waals surface area contributed by atoms with Crippen molar-refractivity contribution in [3.8, 4) is 0 Å². The first-order valence-corrected chi connectivity index (χ1v) is 7.89. The van der Waals surface area contributed by atoms with Gasteiger partial charge < -0.3 is 4.90 Å². The first kappa shape index (κ1) is 14.0. The van der Waals surface area contributed by atoms with Gasteiger partial charge in [-0.25, -0.2) is 13.6 Å². The molecule has 0 spiro atoms. The number of carbonyl (C=O) groups excluding carboxylic acids is 1. The molecule has 1 aliphatic rings. The van der Waals surface area contributed by atoms with Gasteiger partial charge in [-0.2, -0.15) is 5.10 Å². The first-order chi connectivity index (χ1) is 8.95. The van der Waals surface area contributed by atoms with E-state index in [1.54, 1.807) is 11.8 Å². The van der Waals surface area contributed by atoms with E-state index in [1.807, 2.05) is 0 Å². The molecule has 1 amide bonds. The highest BCUT2D eigenvalue weighted by atomic mass is 32.2. The summed E-state index contributed by atoms with van der Waals surface area (Å²) in [5.74, 6) is -0.361. The fraction of sp³-hybridized carbons (Fsp3) is 0.636. The van der Waals surface area contributed by atoms with E-state index in [1.165, 1.54) is 0 Å². The van der Waals surface area contributed by atoms with E-state index < -0.39 is 10.0 Å². The zero-order valence-electron chi connectivity index (χ0n) is 10.8. The van der Waals surface area contributed by atoms with Crippen LogP contribution in [-0.2, 0) is 16.4 Å². The van der Waals surface area contributed by atoms with Gasteiger partial charge in [0.1, 0.15) is 4.90 Å². The predicted octanol–water partition coefficient (Wildman–Crippen LogP) is 0.246. The molecule has 0 radical (unpaired) electrons. The Morgan fingerprint density at radius 2 is 2.00 bits per heavy atom. The molecule has 2 rings (SSSR count). The second-order valence-corrected chi connectivity index (χ2v) is 6.13. The molecule has 0 aromatic carbocycles. The fourth-order valence-corrected chi connectivity index (χ4v) is 3.24. The molecule has 1 saturated heterocycles. The molecule has 1 aromatic rings. The average Bonchev–Trinajstić information content (AvgIpc) is 2.82. The van der Waals surface area contributed by atoms with Gasteiger partial charge in [0.15, 0.2) is 5.69 Å². The van der Waals surface area contributed by atoms with Gasteiger partial charge in [0.05, 0.1) is 5.69 Å². The van der Waals surface area contributed by atoms with E-state index in [0.717, 1.165) is 19.3 Å². The molecule has 106 valence electrons. The van der Waals surface area contributed by atoms with Gasteiger partial charge in [0.2, 0.25) is 10.0 Å². The number of nitrogens with one attached hydrogen (secondary N) is 1. The third-order valence-electron chi connectivity index (χ3n) is 3.28. The van der Waals surface area contributed by atoms with Crippen LogP contribution in [-0.4, -0.2) is 42.5 Å². The molecular formula is C11H18N4O3S. The van der Waals surface area contributed by atoms with Crippen molar-refractivity contribution in [3.63, 3.8) is 0 Å². The van der Waals surface area contributed by atoms with Crippen molar-refractivity contribution >= 4 is 15.9 Å². The third-order valence-corrected chi connectivity index (χ3v) is 4.28. The van der Waals surface area contributed by atoms with Crippen LogP contribution in [0.3, 0.4) is 0 Å². The smallest absolute Gasteiger partial charge is 0.275 e. The largest absolute Gasteiger partial charge is 0.337 e. The van der Waals surface area contributed by atoms with E-state index in [4.69, 9.17) is 5.14 Å². The number of likely N-dealkylation sites (tertiary alicyclic amines) is 1. The van der Waals surface area contributed by atoms with Crippen molar-refractivity contribution in [2.75, 3.05) is 13.1 Å². The van der Waals surface area contributed by atoms with Gasteiger partial charge in [0.25, 0.3) is 5.91 Å². The molecular weight excluding hydrogens is 268 g/mol. The number of primary sulfonamides is 1. The number of hydrogen-bond acceptors (Lipinski definition) is 4. The summed E-state index contributed by atoms with van der Waals surface area (Å²) in [7, 11) is -3.96. The van der Waals surface area contributed by atoms with Crippen LogP contribution in [0.25, 0.3) is 0 Å². The number of piperidine rings is 1. The van der Waals surface area contributed by atoms with E-state index in [9.17, 15) is 13.2 Å². The third kappa shape index (κ3) is 2.79. The Labute approximate surface area is 112 Å². The Balaban J connectivity index is 2.39. The van der Waals surface area contributed by atoms with Crippen LogP contribution in [0, 0.1) is 0 Å². The Morgan fingerprint density at radius 1 is 1.37 bits per heavy atom. The van der Waals surface area contributed by atoms with Gasteiger partial charge >= 0.3 is 0 Å². The molecule has 7 nitrogen and oxygen atoms in total. The number of nitrogens with zero attached hydrogens (tertiary/aromatic N) is 2. The molecule has 1 fully saturated rings. The summed E-state index contributed by atoms with van der Waals surface area (Å²) < 4.78 is 23.3. The Morgan fingerprint density at radius 3 is 2.53 bits per heavy atom. The SMILES string of the molecule is CCc1[nH]nc(C(=O)N2CCCCC2)c1S(N)(=O)=O. The number of nitrogens with two attached hydrogens (primary N) is 1. The van der Waals surface area contributed by atoms with Crippen LogP contribution in [0.15, 0.2) is 4.90 Å². The van der Waals surface area contributed by atoms with Crippen LogP contribution in [0.5, 0.6) is 0 Å². The lowest BCUT2D eigenvalue weighted by Crippen LogP contribution is -2.36. The lowest BCUT2D eigenvalue weighted by molar-refractivity contribution is 0.0714. The molecule has 1 aromatic heterocycles. The summed E-state index contributed by atoms with van der Waals surface area (Å²) in [5, 5.41) is 11.6. The maximum absolute atomic E-state index is 12.3. The predicted molar refractivity (Wildman–Crippen MR) is 69.1 cm³/mol. The van der Waals surface area contributed by atoms with Crippen molar-refractivity contribution in [2.45, 2.75) is 37.5 Å². The highest BCUT2D eigenvalue weighted by Gasteiger charge is 2.30. The minimum atomic E-state index is -3.96. The van der Waals surface area contributed by atoms with Gasteiger partial charge in [-0.15, -0.1) is 0 Å². The van der Waals surface area contributed by atoms with Crippen molar-refractivity contribution in [3.05, 3.63) is 11.4 Å². The molecule has 8 heteroatoms. The molecule has 0 aliphatic carbocycles. The lowest BCUT2D eigenvalue weighted by Gasteiger charge is -2.26. The number of sulfonamides is 1. The number of rotatable bonds is 3. The van der Waals surface area contributed by atoms with Crippen molar-refractivity contribution in [1.29, 1.82) is 0 Å². The Hall–Kier alpha value is -1.41. The molecule has 0 atom stereocenters. The fourth-order valence-electron chi connectivity index (χ4n) is 2.31. The molecule has 0 bridgehead atoms. The van der Waals surface area contributed by atoms with Gasteiger partial charge in [-0.05, 0) is 25.7 Å². The van der Waals surface area contributed by atoms with E-state index in [-0.39, 0.29) is 16.5 Å². The number of aromatic nitrogens is 2. The second kappa shape index (κ2) is 5.30. The lowest BCUT2D eigenvalue weighted by atomic mass is 10.1. The van der Waals surface area contributed by atoms with Crippen LogP contribution in [0.1, 0.15) is 42.4 Å². The van der Waals surface area contributed by atoms with E-state index >= 15 is 0 Å². The highest BCUT2D eigenvalue weighted by molar-refractivity contribution is 7.89. The second-order valence-electron chi connectivity index (χ2n) is 4.63. The Bertz CT molecular complexity index is 573. The molecule has 1 aliphatic heterocycles. The number of aromatic amines is 1. The zero-order valence-corrected chi connectivity index (χ0v) is 11.7. The zero-order chi connectivity index (χ0) is 14.0. The molecule has 0 saturated carbocycles. The maximum Gasteiger partial charge on any atom is 0.275 e. The minimum absolute atomic E-state index is 0.0822. The van der Waals surface area contributed by atoms with E-state index in [2.05, 4.69) is 10.2 Å². The van der Waals surface area contributed by atoms with Crippen LogP contribution >= 0.6 is 0 Å². The Kier molecular flexibility index (Phi) is 3.91. The monoisotopic (exact) mass is 286 g/mol. The minimum Gasteiger partial charge on any atom is -0.337 e. The number of amides is 1.